The normalized spacial score (nSPS) is 21.4. The van der Waals surface area contributed by atoms with Crippen molar-refractivity contribution in [1.82, 2.24) is 15.1 Å². The SMILES string of the molecule is CN(C)CCN1C=COc2cc(B3OC(C)(C)C(C)(C)O3)c(Cl)c3c2=C1NCN=3. The molecule has 0 spiro atoms. The van der Waals surface area contributed by atoms with Gasteiger partial charge >= 0.3 is 7.12 Å². The molecule has 7 nitrogen and oxygen atoms in total. The third-order valence-electron chi connectivity index (χ3n) is 5.97. The molecule has 9 heteroatoms. The molecule has 0 unspecified atom stereocenters. The van der Waals surface area contributed by atoms with Gasteiger partial charge in [0.2, 0.25) is 0 Å². The van der Waals surface area contributed by atoms with E-state index in [1.807, 2.05) is 40.0 Å². The minimum Gasteiger partial charge on any atom is -0.463 e. The van der Waals surface area contributed by atoms with Crippen molar-refractivity contribution in [3.8, 4) is 5.75 Å². The maximum atomic E-state index is 6.84. The van der Waals surface area contributed by atoms with Crippen molar-refractivity contribution in [3.63, 3.8) is 0 Å². The second-order valence-electron chi connectivity index (χ2n) is 8.83. The van der Waals surface area contributed by atoms with Crippen LogP contribution in [0.25, 0.3) is 5.82 Å². The van der Waals surface area contributed by atoms with E-state index >= 15 is 0 Å². The third kappa shape index (κ3) is 3.52. The summed E-state index contributed by atoms with van der Waals surface area (Å²) in [6, 6.07) is 1.91. The summed E-state index contributed by atoms with van der Waals surface area (Å²) < 4.78 is 18.4. The fourth-order valence-corrected chi connectivity index (χ4v) is 3.82. The van der Waals surface area contributed by atoms with Crippen LogP contribution >= 0.6 is 11.6 Å². The number of hydrogen-bond acceptors (Lipinski definition) is 7. The highest BCUT2D eigenvalue weighted by Gasteiger charge is 2.52. The molecule has 3 heterocycles. The Labute approximate surface area is 177 Å². The van der Waals surface area contributed by atoms with Gasteiger partial charge in [0.05, 0.1) is 26.8 Å². The van der Waals surface area contributed by atoms with Gasteiger partial charge in [-0.1, -0.05) is 11.6 Å². The van der Waals surface area contributed by atoms with Crippen molar-refractivity contribution in [3.05, 3.63) is 34.1 Å². The number of nitrogens with one attached hydrogen (secondary N) is 1. The van der Waals surface area contributed by atoms with Crippen LogP contribution in [-0.2, 0) is 9.31 Å². The summed E-state index contributed by atoms with van der Waals surface area (Å²) in [6.45, 7) is 10.3. The first-order chi connectivity index (χ1) is 13.6. The molecular formula is C20H28BClN4O3. The molecule has 0 atom stereocenters. The lowest BCUT2D eigenvalue weighted by Crippen LogP contribution is -2.48. The Morgan fingerprint density at radius 3 is 2.59 bits per heavy atom. The molecule has 1 saturated heterocycles. The molecule has 3 aliphatic rings. The molecule has 0 aliphatic carbocycles. The first kappa shape index (κ1) is 20.5. The molecule has 156 valence electrons. The molecule has 4 rings (SSSR count). The molecule has 1 aromatic carbocycles. The number of rotatable bonds is 4. The van der Waals surface area contributed by atoms with E-state index in [1.54, 1.807) is 6.26 Å². The Morgan fingerprint density at radius 1 is 1.24 bits per heavy atom. The predicted molar refractivity (Wildman–Crippen MR) is 114 cm³/mol. The van der Waals surface area contributed by atoms with Crippen molar-refractivity contribution in [2.45, 2.75) is 38.9 Å². The zero-order chi connectivity index (χ0) is 21.0. The topological polar surface area (TPSA) is 58.6 Å². The van der Waals surface area contributed by atoms with E-state index in [1.165, 1.54) is 0 Å². The van der Waals surface area contributed by atoms with Crippen LogP contribution in [0.15, 0.2) is 23.5 Å². The summed E-state index contributed by atoms with van der Waals surface area (Å²) in [5.74, 6) is 1.63. The molecular weight excluding hydrogens is 391 g/mol. The minimum absolute atomic E-state index is 0.445. The highest BCUT2D eigenvalue weighted by Crippen LogP contribution is 2.37. The van der Waals surface area contributed by atoms with Crippen LogP contribution in [-0.4, -0.2) is 62.0 Å². The number of benzene rings is 1. The number of likely N-dealkylation sites (N-methyl/N-ethyl adjacent to an activating group) is 1. The van der Waals surface area contributed by atoms with Gasteiger partial charge in [-0.05, 0) is 47.9 Å². The molecule has 1 aromatic rings. The van der Waals surface area contributed by atoms with Crippen LogP contribution in [0.2, 0.25) is 5.02 Å². The third-order valence-corrected chi connectivity index (χ3v) is 6.37. The quantitative estimate of drug-likeness (QED) is 0.723. The maximum absolute atomic E-state index is 6.84. The van der Waals surface area contributed by atoms with E-state index in [-0.39, 0.29) is 0 Å². The molecule has 0 bridgehead atoms. The summed E-state index contributed by atoms with van der Waals surface area (Å²) in [5, 5.41) is 5.49. The van der Waals surface area contributed by atoms with Crippen molar-refractivity contribution in [2.24, 2.45) is 4.99 Å². The van der Waals surface area contributed by atoms with Crippen molar-refractivity contribution >= 4 is 30.0 Å². The minimum atomic E-state index is -0.580. The summed E-state index contributed by atoms with van der Waals surface area (Å²) >= 11 is 6.84. The van der Waals surface area contributed by atoms with Gasteiger partial charge in [-0.15, -0.1) is 0 Å². The zero-order valence-electron chi connectivity index (χ0n) is 17.9. The number of nitrogens with zero attached hydrogens (tertiary/aromatic N) is 3. The van der Waals surface area contributed by atoms with Crippen LogP contribution in [0, 0.1) is 0 Å². The van der Waals surface area contributed by atoms with Crippen molar-refractivity contribution < 1.29 is 14.0 Å². The van der Waals surface area contributed by atoms with Gasteiger partial charge in [-0.25, -0.2) is 0 Å². The molecule has 0 radical (unpaired) electrons. The molecule has 29 heavy (non-hydrogen) atoms. The highest BCUT2D eigenvalue weighted by molar-refractivity contribution is 6.65. The van der Waals surface area contributed by atoms with Crippen LogP contribution in [0.3, 0.4) is 0 Å². The Hall–Kier alpha value is -1.74. The molecule has 1 fully saturated rings. The molecule has 1 N–H and O–H groups in total. The fourth-order valence-electron chi connectivity index (χ4n) is 3.52. The van der Waals surface area contributed by atoms with Gasteiger partial charge in [0.25, 0.3) is 0 Å². The van der Waals surface area contributed by atoms with Gasteiger partial charge in [0.1, 0.15) is 24.5 Å². The average molecular weight is 419 g/mol. The van der Waals surface area contributed by atoms with E-state index in [2.05, 4.69) is 34.2 Å². The average Bonchev–Trinajstić information content (AvgIpc) is 2.77. The van der Waals surface area contributed by atoms with Gasteiger partial charge in [-0.3, -0.25) is 4.99 Å². The fraction of sp³-hybridized carbons (Fsp3) is 0.550. The smallest absolute Gasteiger partial charge is 0.463 e. The van der Waals surface area contributed by atoms with Gasteiger partial charge in [-0.2, -0.15) is 0 Å². The van der Waals surface area contributed by atoms with Crippen molar-refractivity contribution in [2.75, 3.05) is 33.9 Å². The van der Waals surface area contributed by atoms with Crippen molar-refractivity contribution in [1.29, 1.82) is 0 Å². The second kappa shape index (κ2) is 7.20. The lowest BCUT2D eigenvalue weighted by molar-refractivity contribution is 0.00578. The van der Waals surface area contributed by atoms with Gasteiger partial charge in [0, 0.05) is 24.8 Å². The molecule has 0 aromatic heterocycles. The Morgan fingerprint density at radius 2 is 1.93 bits per heavy atom. The number of hydrogen-bond donors (Lipinski definition) is 1. The van der Waals surface area contributed by atoms with E-state index < -0.39 is 18.3 Å². The van der Waals surface area contributed by atoms with E-state index in [9.17, 15) is 0 Å². The summed E-state index contributed by atoms with van der Waals surface area (Å²) in [7, 11) is 3.53. The standard InChI is InChI=1S/C20H28BClN4O3/c1-19(2)20(3,4)29-21(28-19)13-11-14-15-17(16(13)22)23-12-24-18(15)26(9-10-27-14)8-7-25(5)6/h9-11,24H,7-8,12H2,1-6H3. The van der Waals surface area contributed by atoms with Crippen LogP contribution in [0.5, 0.6) is 5.75 Å². The predicted octanol–water partition coefficient (Wildman–Crippen LogP) is 0.612. The van der Waals surface area contributed by atoms with E-state index in [4.69, 9.17) is 25.6 Å². The Bertz CT molecular complexity index is 961. The maximum Gasteiger partial charge on any atom is 0.496 e. The first-order valence-corrected chi connectivity index (χ1v) is 10.2. The van der Waals surface area contributed by atoms with Crippen LogP contribution < -0.4 is 26.1 Å². The van der Waals surface area contributed by atoms with Crippen LogP contribution in [0.4, 0.5) is 0 Å². The number of halogens is 1. The van der Waals surface area contributed by atoms with Gasteiger partial charge < -0.3 is 29.2 Å². The van der Waals surface area contributed by atoms with E-state index in [0.717, 1.165) is 29.6 Å². The van der Waals surface area contributed by atoms with Gasteiger partial charge in [0.15, 0.2) is 0 Å². The number of ether oxygens (including phenoxy) is 1. The lowest BCUT2D eigenvalue weighted by Gasteiger charge is -2.32. The summed E-state index contributed by atoms with van der Waals surface area (Å²) in [4.78, 5) is 8.92. The zero-order valence-corrected chi connectivity index (χ0v) is 18.6. The first-order valence-electron chi connectivity index (χ1n) is 9.86. The highest BCUT2D eigenvalue weighted by atomic mass is 35.5. The molecule has 3 aliphatic heterocycles. The van der Waals surface area contributed by atoms with Crippen LogP contribution in [0.1, 0.15) is 27.7 Å². The Balaban J connectivity index is 1.83. The Kier molecular flexibility index (Phi) is 5.10. The lowest BCUT2D eigenvalue weighted by atomic mass is 9.78. The summed E-state index contributed by atoms with van der Waals surface area (Å²) in [5.41, 5.74) is -0.172. The molecule has 0 saturated carbocycles. The monoisotopic (exact) mass is 418 g/mol. The second-order valence-corrected chi connectivity index (χ2v) is 9.21. The summed E-state index contributed by atoms with van der Waals surface area (Å²) in [6.07, 6.45) is 3.63. The molecule has 0 amide bonds. The largest absolute Gasteiger partial charge is 0.496 e. The van der Waals surface area contributed by atoms with E-state index in [0.29, 0.717) is 22.8 Å².